The molecule has 5 nitrogen and oxygen atoms in total. The number of carbonyl (C=O) groups is 1. The lowest BCUT2D eigenvalue weighted by Crippen LogP contribution is -2.50. The first-order chi connectivity index (χ1) is 12.0. The molecule has 2 atom stereocenters. The molecule has 0 saturated carbocycles. The van der Waals surface area contributed by atoms with Gasteiger partial charge in [0, 0.05) is 12.6 Å². The Labute approximate surface area is 159 Å². The summed E-state index contributed by atoms with van der Waals surface area (Å²) in [5, 5.41) is 10.9. The van der Waals surface area contributed by atoms with Crippen LogP contribution in [0.2, 0.25) is 0 Å². The van der Waals surface area contributed by atoms with E-state index in [4.69, 9.17) is 0 Å². The number of hydrogen-bond acceptors (Lipinski definition) is 3. The number of amides is 1. The second kappa shape index (κ2) is 8.64. The van der Waals surface area contributed by atoms with Crippen LogP contribution in [0.1, 0.15) is 49.2 Å². The molecule has 0 aliphatic carbocycles. The summed E-state index contributed by atoms with van der Waals surface area (Å²) in [6, 6.07) is 6.26. The minimum Gasteiger partial charge on any atom is -0.348 e. The van der Waals surface area contributed by atoms with Crippen molar-refractivity contribution in [3.05, 3.63) is 47.5 Å². The molecule has 142 valence electrons. The Morgan fingerprint density at radius 3 is 2.65 bits per heavy atom. The predicted molar refractivity (Wildman–Crippen MR) is 103 cm³/mol. The van der Waals surface area contributed by atoms with Crippen molar-refractivity contribution < 1.29 is 9.18 Å². The number of halogens is 2. The quantitative estimate of drug-likeness (QED) is 0.855. The first-order valence-electron chi connectivity index (χ1n) is 8.82. The van der Waals surface area contributed by atoms with Crippen LogP contribution in [0.5, 0.6) is 0 Å². The lowest BCUT2D eigenvalue weighted by molar-refractivity contribution is 0.0914. The molecule has 1 saturated heterocycles. The Morgan fingerprint density at radius 1 is 1.35 bits per heavy atom. The van der Waals surface area contributed by atoms with Gasteiger partial charge >= 0.3 is 0 Å². The van der Waals surface area contributed by atoms with Gasteiger partial charge in [0.05, 0.1) is 23.1 Å². The van der Waals surface area contributed by atoms with Gasteiger partial charge in [-0.1, -0.05) is 20.8 Å². The van der Waals surface area contributed by atoms with E-state index < -0.39 is 0 Å². The summed E-state index contributed by atoms with van der Waals surface area (Å²) >= 11 is 0. The molecule has 0 spiro atoms. The predicted octanol–water partition coefficient (Wildman–Crippen LogP) is 3.28. The Bertz CT molecular complexity index is 744. The van der Waals surface area contributed by atoms with Crippen LogP contribution in [0.25, 0.3) is 5.69 Å². The van der Waals surface area contributed by atoms with E-state index in [1.54, 1.807) is 23.0 Å². The Hall–Kier alpha value is -1.92. The van der Waals surface area contributed by atoms with Crippen LogP contribution in [0.4, 0.5) is 4.39 Å². The van der Waals surface area contributed by atoms with Crippen molar-refractivity contribution in [1.82, 2.24) is 20.4 Å². The maximum atomic E-state index is 13.2. The number of nitrogens with zero attached hydrogens (tertiary/aromatic N) is 2. The molecule has 3 rings (SSSR count). The molecule has 0 radical (unpaired) electrons. The van der Waals surface area contributed by atoms with E-state index in [1.165, 1.54) is 12.1 Å². The molecule has 2 aromatic rings. The van der Waals surface area contributed by atoms with Crippen LogP contribution < -0.4 is 10.6 Å². The number of benzene rings is 1. The van der Waals surface area contributed by atoms with Crippen LogP contribution in [0, 0.1) is 11.7 Å². The first kappa shape index (κ1) is 20.4. The number of hydrogen-bond donors (Lipinski definition) is 2. The maximum Gasteiger partial charge on any atom is 0.255 e. The summed E-state index contributed by atoms with van der Waals surface area (Å²) in [6.07, 6.45) is 2.66. The largest absolute Gasteiger partial charge is 0.348 e. The molecule has 1 aliphatic rings. The molecule has 1 aromatic heterocycles. The molecular formula is C19H26ClFN4O. The zero-order valence-corrected chi connectivity index (χ0v) is 16.1. The Kier molecular flexibility index (Phi) is 6.78. The highest BCUT2D eigenvalue weighted by molar-refractivity contribution is 5.95. The fraction of sp³-hybridized carbons (Fsp3) is 0.474. The molecule has 0 bridgehead atoms. The third kappa shape index (κ3) is 4.24. The van der Waals surface area contributed by atoms with Crippen molar-refractivity contribution in [3.63, 3.8) is 0 Å². The van der Waals surface area contributed by atoms with Gasteiger partial charge in [-0.25, -0.2) is 9.07 Å². The van der Waals surface area contributed by atoms with Crippen LogP contribution in [-0.2, 0) is 0 Å². The van der Waals surface area contributed by atoms with Gasteiger partial charge in [-0.3, -0.25) is 4.79 Å². The molecule has 7 heteroatoms. The number of nitrogens with one attached hydrogen (secondary N) is 2. The van der Waals surface area contributed by atoms with Crippen LogP contribution >= 0.6 is 12.4 Å². The molecule has 1 fully saturated rings. The maximum absolute atomic E-state index is 13.2. The summed E-state index contributed by atoms with van der Waals surface area (Å²) in [7, 11) is 0. The molecule has 1 aliphatic heterocycles. The highest BCUT2D eigenvalue weighted by atomic mass is 35.5. The molecule has 2 heterocycles. The summed E-state index contributed by atoms with van der Waals surface area (Å²) in [6.45, 7) is 8.00. The normalized spacial score (nSPS) is 19.9. The standard InChI is InChI=1S/C19H25FN4O.ClH/c1-12(2)18-16(19(25)23-17-11-21-9-8-13(17)3)10-22-24(18)15-6-4-14(20)5-7-15;/h4-7,10,12-13,17,21H,8-9,11H2,1-3H3,(H,23,25);1H. The van der Waals surface area contributed by atoms with E-state index in [-0.39, 0.29) is 36.1 Å². The molecular weight excluding hydrogens is 355 g/mol. The van der Waals surface area contributed by atoms with E-state index in [1.807, 2.05) is 13.8 Å². The second-order valence-corrected chi connectivity index (χ2v) is 7.04. The highest BCUT2D eigenvalue weighted by Gasteiger charge is 2.26. The van der Waals surface area contributed by atoms with Gasteiger partial charge in [-0.15, -0.1) is 12.4 Å². The Morgan fingerprint density at radius 2 is 2.04 bits per heavy atom. The van der Waals surface area contributed by atoms with Crippen molar-refractivity contribution >= 4 is 18.3 Å². The van der Waals surface area contributed by atoms with Crippen molar-refractivity contribution in [2.45, 2.75) is 39.2 Å². The van der Waals surface area contributed by atoms with Crippen molar-refractivity contribution in [3.8, 4) is 5.69 Å². The summed E-state index contributed by atoms with van der Waals surface area (Å²) in [5.74, 6) is 0.159. The van der Waals surface area contributed by atoms with Gasteiger partial charge < -0.3 is 10.6 Å². The zero-order valence-electron chi connectivity index (χ0n) is 15.3. The highest BCUT2D eigenvalue weighted by Crippen LogP contribution is 2.24. The van der Waals surface area contributed by atoms with Gasteiger partial charge in [0.15, 0.2) is 0 Å². The van der Waals surface area contributed by atoms with E-state index >= 15 is 0 Å². The third-order valence-electron chi connectivity index (χ3n) is 4.81. The fourth-order valence-corrected chi connectivity index (χ4v) is 3.31. The summed E-state index contributed by atoms with van der Waals surface area (Å²) in [5.41, 5.74) is 2.16. The summed E-state index contributed by atoms with van der Waals surface area (Å²) < 4.78 is 14.9. The fourth-order valence-electron chi connectivity index (χ4n) is 3.31. The van der Waals surface area contributed by atoms with Crippen molar-refractivity contribution in [1.29, 1.82) is 0 Å². The van der Waals surface area contributed by atoms with Gasteiger partial charge in [0.25, 0.3) is 5.91 Å². The Balaban J connectivity index is 0.00000243. The average molecular weight is 381 g/mol. The van der Waals surface area contributed by atoms with Crippen LogP contribution in [0.3, 0.4) is 0 Å². The molecule has 1 amide bonds. The second-order valence-electron chi connectivity index (χ2n) is 7.04. The number of rotatable bonds is 4. The number of aromatic nitrogens is 2. The molecule has 26 heavy (non-hydrogen) atoms. The van der Waals surface area contributed by atoms with E-state index in [0.717, 1.165) is 30.9 Å². The van der Waals surface area contributed by atoms with E-state index in [9.17, 15) is 9.18 Å². The third-order valence-corrected chi connectivity index (χ3v) is 4.81. The van der Waals surface area contributed by atoms with Gasteiger partial charge in [0.2, 0.25) is 0 Å². The zero-order chi connectivity index (χ0) is 18.0. The van der Waals surface area contributed by atoms with Gasteiger partial charge in [0.1, 0.15) is 5.82 Å². The van der Waals surface area contributed by atoms with E-state index in [0.29, 0.717) is 11.5 Å². The topological polar surface area (TPSA) is 59.0 Å². The van der Waals surface area contributed by atoms with Crippen molar-refractivity contribution in [2.24, 2.45) is 5.92 Å². The molecule has 2 N–H and O–H groups in total. The lowest BCUT2D eigenvalue weighted by Gasteiger charge is -2.30. The van der Waals surface area contributed by atoms with Crippen LogP contribution in [-0.4, -0.2) is 34.8 Å². The number of carbonyl (C=O) groups excluding carboxylic acids is 1. The van der Waals surface area contributed by atoms with Gasteiger partial charge in [-0.2, -0.15) is 5.10 Å². The average Bonchev–Trinajstić information content (AvgIpc) is 3.03. The monoisotopic (exact) mass is 380 g/mol. The minimum absolute atomic E-state index is 0. The molecule has 2 unspecified atom stereocenters. The first-order valence-corrected chi connectivity index (χ1v) is 8.82. The van der Waals surface area contributed by atoms with E-state index in [2.05, 4.69) is 22.7 Å². The van der Waals surface area contributed by atoms with Crippen molar-refractivity contribution in [2.75, 3.05) is 13.1 Å². The minimum atomic E-state index is -0.293. The summed E-state index contributed by atoms with van der Waals surface area (Å²) in [4.78, 5) is 12.8. The lowest BCUT2D eigenvalue weighted by atomic mass is 9.94. The van der Waals surface area contributed by atoms with Crippen LogP contribution in [0.15, 0.2) is 30.5 Å². The smallest absolute Gasteiger partial charge is 0.255 e. The van der Waals surface area contributed by atoms with Gasteiger partial charge in [-0.05, 0) is 49.1 Å². The SMILES string of the molecule is CC(C)c1c(C(=O)NC2CNCCC2C)cnn1-c1ccc(F)cc1.Cl. The number of piperidine rings is 1. The molecule has 1 aromatic carbocycles.